The van der Waals surface area contributed by atoms with Crippen LogP contribution >= 0.6 is 0 Å². The molecule has 0 bridgehead atoms. The zero-order chi connectivity index (χ0) is 16.3. The maximum atomic E-state index is 5.51. The van der Waals surface area contributed by atoms with Crippen molar-refractivity contribution >= 4 is 11.4 Å². The number of anilines is 1. The van der Waals surface area contributed by atoms with Crippen LogP contribution in [0.4, 0.5) is 5.82 Å². The molecular weight excluding hydrogens is 288 g/mol. The molecule has 0 radical (unpaired) electrons. The lowest BCUT2D eigenvalue weighted by Gasteiger charge is -2.14. The van der Waals surface area contributed by atoms with E-state index < -0.39 is 0 Å². The molecule has 2 aromatic rings. The third-order valence-corrected chi connectivity index (χ3v) is 3.49. The van der Waals surface area contributed by atoms with Gasteiger partial charge in [0.1, 0.15) is 6.10 Å². The van der Waals surface area contributed by atoms with Crippen LogP contribution in [0.25, 0.3) is 5.57 Å². The number of hydrogen-bond donors (Lipinski definition) is 1. The Bertz CT molecular complexity index is 585. The van der Waals surface area contributed by atoms with Crippen LogP contribution in [0.5, 0.6) is 0 Å². The minimum atomic E-state index is -0.105. The Morgan fingerprint density at radius 2 is 1.96 bits per heavy atom. The third-order valence-electron chi connectivity index (χ3n) is 3.49. The molecule has 0 saturated carbocycles. The molecule has 4 heteroatoms. The summed E-state index contributed by atoms with van der Waals surface area (Å²) in [5.74, 6) is 0.616. The van der Waals surface area contributed by atoms with Gasteiger partial charge in [-0.1, -0.05) is 56.2 Å². The normalized spacial score (nSPS) is 12.9. The van der Waals surface area contributed by atoms with Crippen molar-refractivity contribution in [2.24, 2.45) is 0 Å². The van der Waals surface area contributed by atoms with Gasteiger partial charge in [-0.25, -0.2) is 15.4 Å². The highest BCUT2D eigenvalue weighted by Gasteiger charge is 2.09. The lowest BCUT2D eigenvalue weighted by Crippen LogP contribution is -2.14. The third kappa shape index (κ3) is 6.22. The average Bonchev–Trinajstić information content (AvgIpc) is 2.61. The number of unbranched alkanes of at least 4 members (excludes halogenated alkanes) is 1. The van der Waals surface area contributed by atoms with Crippen LogP contribution in [0, 0.1) is 0 Å². The number of rotatable bonds is 9. The summed E-state index contributed by atoms with van der Waals surface area (Å²) in [6.07, 6.45) is 6.79. The van der Waals surface area contributed by atoms with E-state index in [0.717, 1.165) is 19.3 Å². The second-order valence-corrected chi connectivity index (χ2v) is 5.39. The van der Waals surface area contributed by atoms with Gasteiger partial charge in [-0.15, -0.1) is 4.99 Å². The molecular formula is C19H24N2O2. The molecule has 0 amide bonds. The highest BCUT2D eigenvalue weighted by atomic mass is 17.3. The average molecular weight is 312 g/mol. The Labute approximate surface area is 138 Å². The van der Waals surface area contributed by atoms with Gasteiger partial charge >= 0.3 is 0 Å². The summed E-state index contributed by atoms with van der Waals surface area (Å²) in [6.45, 7) is 4.25. The van der Waals surface area contributed by atoms with Crippen LogP contribution < -0.4 is 5.48 Å². The summed E-state index contributed by atoms with van der Waals surface area (Å²) in [6, 6.07) is 15.8. The molecule has 0 aliphatic rings. The minimum absolute atomic E-state index is 0.105. The predicted molar refractivity (Wildman–Crippen MR) is 93.4 cm³/mol. The van der Waals surface area contributed by atoms with E-state index in [1.165, 1.54) is 11.1 Å². The van der Waals surface area contributed by atoms with Gasteiger partial charge in [-0.2, -0.15) is 0 Å². The second-order valence-electron chi connectivity index (χ2n) is 5.39. The molecule has 1 N–H and O–H groups in total. The maximum Gasteiger partial charge on any atom is 0.152 e. The standard InChI is InChI=1S/C19H24N2O2/c1-3-4-12-18(15-16(2)17-10-6-5-7-11-17)22-23-21-19-13-8-9-14-20-19/h5-11,13-15,18H,3-4,12H2,1-2H3,(H,20,21)/b16-15+/t18-/m1/s1. The van der Waals surface area contributed by atoms with Crippen LogP contribution in [-0.4, -0.2) is 11.1 Å². The summed E-state index contributed by atoms with van der Waals surface area (Å²) < 4.78 is 0. The van der Waals surface area contributed by atoms with E-state index >= 15 is 0 Å². The zero-order valence-corrected chi connectivity index (χ0v) is 13.7. The van der Waals surface area contributed by atoms with Gasteiger partial charge in [-0.05, 0) is 42.7 Å². The van der Waals surface area contributed by atoms with Gasteiger partial charge in [-0.3, -0.25) is 0 Å². The van der Waals surface area contributed by atoms with Crippen LogP contribution in [0.2, 0.25) is 0 Å². The first kappa shape index (κ1) is 17.2. The van der Waals surface area contributed by atoms with Crippen LogP contribution in [0.3, 0.4) is 0 Å². The molecule has 4 nitrogen and oxygen atoms in total. The summed E-state index contributed by atoms with van der Waals surface area (Å²) in [5.41, 5.74) is 5.07. The molecule has 1 atom stereocenters. The molecule has 23 heavy (non-hydrogen) atoms. The van der Waals surface area contributed by atoms with Gasteiger partial charge in [0.2, 0.25) is 0 Å². The summed E-state index contributed by atoms with van der Waals surface area (Å²) in [7, 11) is 0. The SMILES string of the molecule is CCCC[C@H](/C=C(\C)c1ccccc1)OONc1ccccn1. The van der Waals surface area contributed by atoms with Gasteiger partial charge in [0.15, 0.2) is 5.82 Å². The summed E-state index contributed by atoms with van der Waals surface area (Å²) >= 11 is 0. The van der Waals surface area contributed by atoms with E-state index in [1.54, 1.807) is 6.20 Å². The first-order valence-electron chi connectivity index (χ1n) is 8.03. The van der Waals surface area contributed by atoms with Crippen LogP contribution in [-0.2, 0) is 9.88 Å². The quantitative estimate of drug-likeness (QED) is 0.521. The largest absolute Gasteiger partial charge is 0.237 e. The number of pyridine rings is 1. The smallest absolute Gasteiger partial charge is 0.152 e. The highest BCUT2D eigenvalue weighted by Crippen LogP contribution is 2.17. The van der Waals surface area contributed by atoms with E-state index in [-0.39, 0.29) is 6.10 Å². The first-order valence-corrected chi connectivity index (χ1v) is 8.03. The molecule has 0 spiro atoms. The van der Waals surface area contributed by atoms with Crippen molar-refractivity contribution in [3.05, 3.63) is 66.4 Å². The summed E-state index contributed by atoms with van der Waals surface area (Å²) in [5, 5.41) is 0. The van der Waals surface area contributed by atoms with E-state index in [0.29, 0.717) is 5.82 Å². The first-order chi connectivity index (χ1) is 11.3. The Kier molecular flexibility index (Phi) is 7.30. The predicted octanol–water partition coefficient (Wildman–Crippen LogP) is 5.02. The van der Waals surface area contributed by atoms with Crippen molar-refractivity contribution in [3.63, 3.8) is 0 Å². The fourth-order valence-corrected chi connectivity index (χ4v) is 2.19. The van der Waals surface area contributed by atoms with Crippen LogP contribution in [0.1, 0.15) is 38.7 Å². The minimum Gasteiger partial charge on any atom is -0.237 e. The van der Waals surface area contributed by atoms with Crippen molar-refractivity contribution in [1.29, 1.82) is 0 Å². The summed E-state index contributed by atoms with van der Waals surface area (Å²) in [4.78, 5) is 14.8. The van der Waals surface area contributed by atoms with Gasteiger partial charge in [0.05, 0.1) is 0 Å². The van der Waals surface area contributed by atoms with Crippen molar-refractivity contribution in [2.45, 2.75) is 39.2 Å². The molecule has 0 fully saturated rings. The van der Waals surface area contributed by atoms with Crippen LogP contribution in [0.15, 0.2) is 60.8 Å². The molecule has 0 unspecified atom stereocenters. The molecule has 1 aromatic carbocycles. The number of aromatic nitrogens is 1. The fourth-order valence-electron chi connectivity index (χ4n) is 2.19. The lowest BCUT2D eigenvalue weighted by atomic mass is 10.0. The highest BCUT2D eigenvalue weighted by molar-refractivity contribution is 5.63. The maximum absolute atomic E-state index is 5.51. The number of benzene rings is 1. The van der Waals surface area contributed by atoms with E-state index in [9.17, 15) is 0 Å². The van der Waals surface area contributed by atoms with Crippen molar-refractivity contribution in [1.82, 2.24) is 4.98 Å². The molecule has 2 rings (SSSR count). The van der Waals surface area contributed by atoms with Crippen molar-refractivity contribution in [3.8, 4) is 0 Å². The number of nitrogens with zero attached hydrogens (tertiary/aromatic N) is 1. The Hall–Kier alpha value is -2.17. The topological polar surface area (TPSA) is 43.4 Å². The van der Waals surface area contributed by atoms with Crippen molar-refractivity contribution < 1.29 is 9.88 Å². The second kappa shape index (κ2) is 9.77. The van der Waals surface area contributed by atoms with E-state index in [2.05, 4.69) is 42.5 Å². The fraction of sp³-hybridized carbons (Fsp3) is 0.316. The van der Waals surface area contributed by atoms with Gasteiger partial charge < -0.3 is 0 Å². The lowest BCUT2D eigenvalue weighted by molar-refractivity contribution is -0.294. The number of allylic oxidation sites excluding steroid dienone is 1. The Balaban J connectivity index is 1.93. The molecule has 1 heterocycles. The van der Waals surface area contributed by atoms with E-state index in [1.807, 2.05) is 36.4 Å². The molecule has 122 valence electrons. The molecule has 0 aliphatic carbocycles. The van der Waals surface area contributed by atoms with Crippen molar-refractivity contribution in [2.75, 3.05) is 5.48 Å². The molecule has 0 saturated heterocycles. The van der Waals surface area contributed by atoms with Gasteiger partial charge in [0, 0.05) is 6.20 Å². The zero-order valence-electron chi connectivity index (χ0n) is 13.7. The van der Waals surface area contributed by atoms with E-state index in [4.69, 9.17) is 9.88 Å². The monoisotopic (exact) mass is 312 g/mol. The number of nitrogens with one attached hydrogen (secondary N) is 1. The number of hydrogen-bond acceptors (Lipinski definition) is 4. The van der Waals surface area contributed by atoms with Gasteiger partial charge in [0.25, 0.3) is 0 Å². The Morgan fingerprint density at radius 3 is 2.65 bits per heavy atom. The Morgan fingerprint density at radius 1 is 1.17 bits per heavy atom. The molecule has 0 aliphatic heterocycles. The molecule has 1 aromatic heterocycles.